The molecule has 0 aromatic heterocycles. The fraction of sp³-hybridized carbons (Fsp3) is 0.111. The third-order valence-corrected chi connectivity index (χ3v) is 3.17. The van der Waals surface area contributed by atoms with E-state index in [0.29, 0.717) is 12.0 Å². The molecule has 0 fully saturated rings. The minimum Gasteiger partial charge on any atom is -0.504 e. The summed E-state index contributed by atoms with van der Waals surface area (Å²) in [5, 5.41) is 19.8. The van der Waals surface area contributed by atoms with Crippen LogP contribution >= 0.6 is 0 Å². The third-order valence-electron chi connectivity index (χ3n) is 3.17. The van der Waals surface area contributed by atoms with E-state index in [9.17, 15) is 10.2 Å². The van der Waals surface area contributed by atoms with Crippen LogP contribution in [0.5, 0.6) is 11.5 Å². The molecule has 2 heteroatoms. The Hall–Kier alpha value is -2.48. The molecular weight excluding hydrogens is 248 g/mol. The molecule has 0 aliphatic rings. The van der Waals surface area contributed by atoms with E-state index in [1.807, 2.05) is 36.4 Å². The molecule has 0 amide bonds. The standard InChI is InChI=1S/C18H18O2/c1-3-5-13-7-9-15(10-8-13)16-11-14(6-4-2)12-17(19)18(16)20/h3-4,7-12,19-20H,1-2,5-6H2. The highest BCUT2D eigenvalue weighted by atomic mass is 16.3. The van der Waals surface area contributed by atoms with E-state index >= 15 is 0 Å². The molecule has 0 saturated heterocycles. The van der Waals surface area contributed by atoms with Crippen LogP contribution in [-0.2, 0) is 12.8 Å². The maximum Gasteiger partial charge on any atom is 0.165 e. The van der Waals surface area contributed by atoms with Gasteiger partial charge in [0.15, 0.2) is 11.5 Å². The van der Waals surface area contributed by atoms with Crippen LogP contribution in [0.25, 0.3) is 11.1 Å². The van der Waals surface area contributed by atoms with Crippen LogP contribution in [0.15, 0.2) is 61.7 Å². The summed E-state index contributed by atoms with van der Waals surface area (Å²) in [4.78, 5) is 0. The van der Waals surface area contributed by atoms with Crippen LogP contribution in [0.1, 0.15) is 11.1 Å². The molecule has 0 heterocycles. The first kappa shape index (κ1) is 13.9. The Balaban J connectivity index is 2.44. The second-order valence-electron chi connectivity index (χ2n) is 4.69. The second-order valence-corrected chi connectivity index (χ2v) is 4.69. The van der Waals surface area contributed by atoms with Crippen molar-refractivity contribution in [2.75, 3.05) is 0 Å². The van der Waals surface area contributed by atoms with Gasteiger partial charge in [-0.3, -0.25) is 0 Å². The van der Waals surface area contributed by atoms with E-state index in [4.69, 9.17) is 0 Å². The third kappa shape index (κ3) is 2.91. The van der Waals surface area contributed by atoms with Crippen molar-refractivity contribution in [2.24, 2.45) is 0 Å². The normalized spacial score (nSPS) is 10.2. The first-order valence-corrected chi connectivity index (χ1v) is 6.51. The van der Waals surface area contributed by atoms with Crippen molar-refractivity contribution in [3.63, 3.8) is 0 Å². The first-order chi connectivity index (χ1) is 9.65. The molecule has 2 N–H and O–H groups in total. The zero-order chi connectivity index (χ0) is 14.5. The SMILES string of the molecule is C=CCc1ccc(-c2cc(CC=C)cc(O)c2O)cc1. The van der Waals surface area contributed by atoms with Gasteiger partial charge in [0.25, 0.3) is 0 Å². The summed E-state index contributed by atoms with van der Waals surface area (Å²) >= 11 is 0. The maximum atomic E-state index is 10.0. The van der Waals surface area contributed by atoms with Gasteiger partial charge in [0, 0.05) is 5.56 Å². The van der Waals surface area contributed by atoms with E-state index in [0.717, 1.165) is 23.1 Å². The van der Waals surface area contributed by atoms with Crippen molar-refractivity contribution in [3.8, 4) is 22.6 Å². The lowest BCUT2D eigenvalue weighted by atomic mass is 9.98. The molecule has 20 heavy (non-hydrogen) atoms. The van der Waals surface area contributed by atoms with E-state index < -0.39 is 0 Å². The highest BCUT2D eigenvalue weighted by Gasteiger charge is 2.10. The molecule has 0 spiro atoms. The number of rotatable bonds is 5. The molecule has 0 bridgehead atoms. The minimum absolute atomic E-state index is 0.0886. The summed E-state index contributed by atoms with van der Waals surface area (Å²) in [5.74, 6) is -0.191. The summed E-state index contributed by atoms with van der Waals surface area (Å²) in [7, 11) is 0. The fourth-order valence-electron chi connectivity index (χ4n) is 2.17. The van der Waals surface area contributed by atoms with Crippen LogP contribution in [0, 0.1) is 0 Å². The van der Waals surface area contributed by atoms with Gasteiger partial charge in [0.05, 0.1) is 0 Å². The monoisotopic (exact) mass is 266 g/mol. The van der Waals surface area contributed by atoms with Crippen molar-refractivity contribution >= 4 is 0 Å². The minimum atomic E-state index is -0.102. The van der Waals surface area contributed by atoms with E-state index in [1.165, 1.54) is 0 Å². The summed E-state index contributed by atoms with van der Waals surface area (Å²) in [6.07, 6.45) is 5.08. The van der Waals surface area contributed by atoms with Crippen molar-refractivity contribution < 1.29 is 10.2 Å². The van der Waals surface area contributed by atoms with Crippen LogP contribution in [-0.4, -0.2) is 10.2 Å². The number of phenolic OH excluding ortho intramolecular Hbond substituents is 2. The van der Waals surface area contributed by atoms with Crippen molar-refractivity contribution in [3.05, 3.63) is 72.8 Å². The average Bonchev–Trinajstić information content (AvgIpc) is 2.44. The Morgan fingerprint density at radius 2 is 1.45 bits per heavy atom. The summed E-state index contributed by atoms with van der Waals surface area (Å²) in [5.41, 5.74) is 3.58. The van der Waals surface area contributed by atoms with Gasteiger partial charge in [0.1, 0.15) is 0 Å². The number of allylic oxidation sites excluding steroid dienone is 2. The van der Waals surface area contributed by atoms with Crippen LogP contribution in [0.3, 0.4) is 0 Å². The van der Waals surface area contributed by atoms with Gasteiger partial charge in [-0.05, 0) is 41.7 Å². The highest BCUT2D eigenvalue weighted by Crippen LogP contribution is 2.37. The smallest absolute Gasteiger partial charge is 0.165 e. The van der Waals surface area contributed by atoms with Gasteiger partial charge in [-0.1, -0.05) is 36.4 Å². The molecule has 0 aliphatic heterocycles. The topological polar surface area (TPSA) is 40.5 Å². The van der Waals surface area contributed by atoms with Crippen molar-refractivity contribution in [2.45, 2.75) is 12.8 Å². The zero-order valence-electron chi connectivity index (χ0n) is 11.3. The van der Waals surface area contributed by atoms with Crippen molar-refractivity contribution in [1.29, 1.82) is 0 Å². The molecule has 102 valence electrons. The molecule has 2 aromatic carbocycles. The number of aromatic hydroxyl groups is 2. The number of benzene rings is 2. The molecule has 0 radical (unpaired) electrons. The van der Waals surface area contributed by atoms with Gasteiger partial charge in [-0.15, -0.1) is 13.2 Å². The largest absolute Gasteiger partial charge is 0.504 e. The van der Waals surface area contributed by atoms with Gasteiger partial charge < -0.3 is 10.2 Å². The molecule has 0 saturated carbocycles. The molecule has 2 rings (SSSR count). The number of phenols is 2. The number of hydrogen-bond donors (Lipinski definition) is 2. The van der Waals surface area contributed by atoms with Gasteiger partial charge in [0.2, 0.25) is 0 Å². The van der Waals surface area contributed by atoms with Gasteiger partial charge in [-0.2, -0.15) is 0 Å². The summed E-state index contributed by atoms with van der Waals surface area (Å²) in [6, 6.07) is 11.3. The lowest BCUT2D eigenvalue weighted by Crippen LogP contribution is -1.87. The predicted octanol–water partition coefficient (Wildman–Crippen LogP) is 4.22. The predicted molar refractivity (Wildman–Crippen MR) is 83.0 cm³/mol. The Morgan fingerprint density at radius 1 is 0.850 bits per heavy atom. The molecular formula is C18H18O2. The summed E-state index contributed by atoms with van der Waals surface area (Å²) < 4.78 is 0. The van der Waals surface area contributed by atoms with Crippen molar-refractivity contribution in [1.82, 2.24) is 0 Å². The van der Waals surface area contributed by atoms with Crippen LogP contribution in [0.2, 0.25) is 0 Å². The van der Waals surface area contributed by atoms with E-state index in [1.54, 1.807) is 12.1 Å². The Bertz CT molecular complexity index is 625. The molecule has 0 unspecified atom stereocenters. The maximum absolute atomic E-state index is 10.0. The number of hydrogen-bond acceptors (Lipinski definition) is 2. The summed E-state index contributed by atoms with van der Waals surface area (Å²) in [6.45, 7) is 7.40. The lowest BCUT2D eigenvalue weighted by Gasteiger charge is -2.10. The van der Waals surface area contributed by atoms with Gasteiger partial charge in [-0.25, -0.2) is 0 Å². The molecule has 0 atom stereocenters. The van der Waals surface area contributed by atoms with E-state index in [2.05, 4.69) is 13.2 Å². The van der Waals surface area contributed by atoms with Gasteiger partial charge >= 0.3 is 0 Å². The van der Waals surface area contributed by atoms with Crippen LogP contribution < -0.4 is 0 Å². The lowest BCUT2D eigenvalue weighted by molar-refractivity contribution is 0.404. The Morgan fingerprint density at radius 3 is 2.05 bits per heavy atom. The first-order valence-electron chi connectivity index (χ1n) is 6.51. The zero-order valence-corrected chi connectivity index (χ0v) is 11.3. The molecule has 0 aliphatic carbocycles. The molecule has 2 nitrogen and oxygen atoms in total. The van der Waals surface area contributed by atoms with Crippen LogP contribution in [0.4, 0.5) is 0 Å². The quantitative estimate of drug-likeness (QED) is 0.628. The second kappa shape index (κ2) is 6.11. The Kier molecular flexibility index (Phi) is 4.26. The van der Waals surface area contributed by atoms with E-state index in [-0.39, 0.29) is 11.5 Å². The Labute approximate surface area is 119 Å². The average molecular weight is 266 g/mol. The fourth-order valence-corrected chi connectivity index (χ4v) is 2.17. The highest BCUT2D eigenvalue weighted by molar-refractivity contribution is 5.74. The molecule has 2 aromatic rings.